The Balaban J connectivity index is 3.21. The minimum Gasteiger partial charge on any atom is -0.462 e. The lowest BCUT2D eigenvalue weighted by Gasteiger charge is -2.11. The maximum Gasteiger partial charge on any atom is 0.338 e. The fourth-order valence-corrected chi connectivity index (χ4v) is 1.86. The maximum atomic E-state index is 11.7. The molecule has 18 heavy (non-hydrogen) atoms. The highest BCUT2D eigenvalue weighted by Gasteiger charge is 2.10. The first-order valence-electron chi connectivity index (χ1n) is 6.45. The Labute approximate surface area is 110 Å². The first kappa shape index (κ1) is 14.5. The standard InChI is InChI=1S/C16H22O2/c1-6-11(3)13(5)15-10-14(9-8-12(15)4)16(17)18-7-2/h8-10H,6-7H2,1-5H3/b13-11-. The monoisotopic (exact) mass is 246 g/mol. The van der Waals surface area contributed by atoms with Crippen LogP contribution in [0.25, 0.3) is 5.57 Å². The molecule has 1 aromatic rings. The van der Waals surface area contributed by atoms with Gasteiger partial charge in [-0.3, -0.25) is 0 Å². The average molecular weight is 246 g/mol. The van der Waals surface area contributed by atoms with Gasteiger partial charge in [-0.15, -0.1) is 0 Å². The van der Waals surface area contributed by atoms with Crippen LogP contribution < -0.4 is 0 Å². The predicted octanol–water partition coefficient (Wildman–Crippen LogP) is 4.38. The zero-order valence-corrected chi connectivity index (χ0v) is 12.0. The molecule has 0 amide bonds. The fourth-order valence-electron chi connectivity index (χ4n) is 1.86. The largest absolute Gasteiger partial charge is 0.462 e. The molecule has 2 nitrogen and oxygen atoms in total. The molecule has 0 bridgehead atoms. The first-order valence-corrected chi connectivity index (χ1v) is 6.45. The quantitative estimate of drug-likeness (QED) is 0.737. The van der Waals surface area contributed by atoms with Crippen molar-refractivity contribution in [2.24, 2.45) is 0 Å². The summed E-state index contributed by atoms with van der Waals surface area (Å²) in [5.41, 5.74) is 5.55. The van der Waals surface area contributed by atoms with E-state index in [1.807, 2.05) is 25.1 Å². The van der Waals surface area contributed by atoms with Crippen molar-refractivity contribution in [3.63, 3.8) is 0 Å². The van der Waals surface area contributed by atoms with Crippen LogP contribution in [-0.2, 0) is 4.74 Å². The van der Waals surface area contributed by atoms with Gasteiger partial charge in [0.1, 0.15) is 0 Å². The number of esters is 1. The number of carbonyl (C=O) groups is 1. The van der Waals surface area contributed by atoms with Gasteiger partial charge in [-0.25, -0.2) is 4.79 Å². The zero-order chi connectivity index (χ0) is 13.7. The number of allylic oxidation sites excluding steroid dienone is 2. The van der Waals surface area contributed by atoms with Crippen LogP contribution in [0.1, 0.15) is 55.6 Å². The third-order valence-electron chi connectivity index (χ3n) is 3.32. The minimum atomic E-state index is -0.249. The van der Waals surface area contributed by atoms with E-state index >= 15 is 0 Å². The van der Waals surface area contributed by atoms with E-state index in [1.54, 1.807) is 0 Å². The summed E-state index contributed by atoms with van der Waals surface area (Å²) < 4.78 is 5.03. The Hall–Kier alpha value is -1.57. The molecular formula is C16H22O2. The summed E-state index contributed by atoms with van der Waals surface area (Å²) in [7, 11) is 0. The summed E-state index contributed by atoms with van der Waals surface area (Å²) in [5, 5.41) is 0. The Kier molecular flexibility index (Phi) is 5.14. The molecule has 0 fully saturated rings. The lowest BCUT2D eigenvalue weighted by atomic mass is 9.95. The van der Waals surface area contributed by atoms with Crippen molar-refractivity contribution in [2.45, 2.75) is 41.0 Å². The van der Waals surface area contributed by atoms with Gasteiger partial charge in [-0.05, 0) is 62.9 Å². The molecule has 0 aliphatic heterocycles. The van der Waals surface area contributed by atoms with Gasteiger partial charge in [-0.2, -0.15) is 0 Å². The van der Waals surface area contributed by atoms with Gasteiger partial charge in [0, 0.05) is 0 Å². The van der Waals surface area contributed by atoms with Crippen molar-refractivity contribution in [1.82, 2.24) is 0 Å². The van der Waals surface area contributed by atoms with Crippen LogP contribution in [-0.4, -0.2) is 12.6 Å². The summed E-state index contributed by atoms with van der Waals surface area (Å²) >= 11 is 0. The molecule has 0 heterocycles. The second-order valence-corrected chi connectivity index (χ2v) is 4.51. The molecule has 0 aliphatic carbocycles. The smallest absolute Gasteiger partial charge is 0.338 e. The summed E-state index contributed by atoms with van der Waals surface area (Å²) in [5.74, 6) is -0.249. The number of benzene rings is 1. The highest BCUT2D eigenvalue weighted by molar-refractivity contribution is 5.91. The highest BCUT2D eigenvalue weighted by atomic mass is 16.5. The predicted molar refractivity (Wildman–Crippen MR) is 75.7 cm³/mol. The topological polar surface area (TPSA) is 26.3 Å². The zero-order valence-electron chi connectivity index (χ0n) is 12.0. The summed E-state index contributed by atoms with van der Waals surface area (Å²) in [6.45, 7) is 10.7. The van der Waals surface area contributed by atoms with E-state index in [9.17, 15) is 4.79 Å². The number of aryl methyl sites for hydroxylation is 1. The molecule has 2 heteroatoms. The second-order valence-electron chi connectivity index (χ2n) is 4.51. The fraction of sp³-hybridized carbons (Fsp3) is 0.438. The van der Waals surface area contributed by atoms with E-state index in [-0.39, 0.29) is 5.97 Å². The Morgan fingerprint density at radius 3 is 2.44 bits per heavy atom. The lowest BCUT2D eigenvalue weighted by molar-refractivity contribution is 0.0526. The van der Waals surface area contributed by atoms with Gasteiger partial charge in [0.2, 0.25) is 0 Å². The minimum absolute atomic E-state index is 0.249. The molecule has 0 aromatic heterocycles. The van der Waals surface area contributed by atoms with E-state index in [0.29, 0.717) is 12.2 Å². The van der Waals surface area contributed by atoms with Crippen LogP contribution in [0.2, 0.25) is 0 Å². The molecule has 0 N–H and O–H groups in total. The van der Waals surface area contributed by atoms with Gasteiger partial charge < -0.3 is 4.74 Å². The number of hydrogen-bond donors (Lipinski definition) is 0. The molecule has 0 saturated heterocycles. The number of carbonyl (C=O) groups excluding carboxylic acids is 1. The number of rotatable bonds is 4. The van der Waals surface area contributed by atoms with E-state index in [4.69, 9.17) is 4.74 Å². The van der Waals surface area contributed by atoms with Crippen LogP contribution >= 0.6 is 0 Å². The SMILES string of the molecule is CCOC(=O)c1ccc(C)c(/C(C)=C(/C)CC)c1. The van der Waals surface area contributed by atoms with E-state index in [2.05, 4.69) is 27.7 Å². The van der Waals surface area contributed by atoms with Crippen molar-refractivity contribution in [1.29, 1.82) is 0 Å². The van der Waals surface area contributed by atoms with Crippen molar-refractivity contribution < 1.29 is 9.53 Å². The van der Waals surface area contributed by atoms with Crippen molar-refractivity contribution in [2.75, 3.05) is 6.61 Å². The number of ether oxygens (including phenoxy) is 1. The molecular weight excluding hydrogens is 224 g/mol. The summed E-state index contributed by atoms with van der Waals surface area (Å²) in [6, 6.07) is 5.74. The van der Waals surface area contributed by atoms with Crippen molar-refractivity contribution in [3.05, 3.63) is 40.5 Å². The molecule has 98 valence electrons. The van der Waals surface area contributed by atoms with Crippen molar-refractivity contribution >= 4 is 11.5 Å². The molecule has 0 radical (unpaired) electrons. The molecule has 0 aliphatic rings. The lowest BCUT2D eigenvalue weighted by Crippen LogP contribution is -2.05. The molecule has 1 aromatic carbocycles. The summed E-state index contributed by atoms with van der Waals surface area (Å²) in [6.07, 6.45) is 1.02. The van der Waals surface area contributed by atoms with E-state index in [1.165, 1.54) is 16.7 Å². The molecule has 0 spiro atoms. The maximum absolute atomic E-state index is 11.7. The normalized spacial score (nSPS) is 12.1. The van der Waals surface area contributed by atoms with Crippen LogP contribution in [0.5, 0.6) is 0 Å². The van der Waals surface area contributed by atoms with E-state index in [0.717, 1.165) is 12.0 Å². The average Bonchev–Trinajstić information content (AvgIpc) is 2.37. The molecule has 0 unspecified atom stereocenters. The Morgan fingerprint density at radius 2 is 1.89 bits per heavy atom. The Morgan fingerprint density at radius 1 is 1.22 bits per heavy atom. The second kappa shape index (κ2) is 6.39. The molecule has 0 saturated carbocycles. The Bertz CT molecular complexity index is 470. The van der Waals surface area contributed by atoms with Gasteiger partial charge in [0.25, 0.3) is 0 Å². The molecule has 1 rings (SSSR count). The molecule has 0 atom stereocenters. The third-order valence-corrected chi connectivity index (χ3v) is 3.32. The van der Waals surface area contributed by atoms with Gasteiger partial charge in [0.15, 0.2) is 0 Å². The van der Waals surface area contributed by atoms with Crippen molar-refractivity contribution in [3.8, 4) is 0 Å². The number of hydrogen-bond acceptors (Lipinski definition) is 2. The van der Waals surface area contributed by atoms with Gasteiger partial charge >= 0.3 is 5.97 Å². The van der Waals surface area contributed by atoms with Gasteiger partial charge in [0.05, 0.1) is 12.2 Å². The van der Waals surface area contributed by atoms with E-state index < -0.39 is 0 Å². The first-order chi connectivity index (χ1) is 8.51. The van der Waals surface area contributed by atoms with Gasteiger partial charge in [-0.1, -0.05) is 18.6 Å². The highest BCUT2D eigenvalue weighted by Crippen LogP contribution is 2.24. The third kappa shape index (κ3) is 3.22. The summed E-state index contributed by atoms with van der Waals surface area (Å²) in [4.78, 5) is 11.7. The van der Waals surface area contributed by atoms with Crippen LogP contribution in [0.15, 0.2) is 23.8 Å². The van der Waals surface area contributed by atoms with Crippen LogP contribution in [0.4, 0.5) is 0 Å². The van der Waals surface area contributed by atoms with Crippen LogP contribution in [0.3, 0.4) is 0 Å². The van der Waals surface area contributed by atoms with Crippen LogP contribution in [0, 0.1) is 6.92 Å².